The maximum atomic E-state index is 13.9. The van der Waals surface area contributed by atoms with E-state index in [9.17, 15) is 22.8 Å². The van der Waals surface area contributed by atoms with Crippen LogP contribution in [-0.2, 0) is 4.79 Å². The fourth-order valence-electron chi connectivity index (χ4n) is 5.85. The molecule has 0 radical (unpaired) electrons. The minimum Gasteiger partial charge on any atom is -0.497 e. The summed E-state index contributed by atoms with van der Waals surface area (Å²) in [4.78, 5) is 33.1. The lowest BCUT2D eigenvalue weighted by Gasteiger charge is -2.37. The van der Waals surface area contributed by atoms with Crippen molar-refractivity contribution in [3.63, 3.8) is 0 Å². The van der Waals surface area contributed by atoms with E-state index in [0.29, 0.717) is 33.0 Å². The van der Waals surface area contributed by atoms with Gasteiger partial charge in [-0.15, -0.1) is 5.54 Å². The van der Waals surface area contributed by atoms with Crippen LogP contribution in [0.15, 0.2) is 28.8 Å². The number of hydrogen-bond acceptors (Lipinski definition) is 6. The van der Waals surface area contributed by atoms with Crippen molar-refractivity contribution in [3.05, 3.63) is 36.0 Å². The molecule has 0 aliphatic carbocycles. The van der Waals surface area contributed by atoms with Crippen molar-refractivity contribution < 1.29 is 36.7 Å². The Hall–Kier alpha value is -3.46. The van der Waals surface area contributed by atoms with Crippen molar-refractivity contribution >= 4 is 25.6 Å². The smallest absolute Gasteiger partial charge is 0.406 e. The zero-order valence-electron chi connectivity index (χ0n) is 24.8. The van der Waals surface area contributed by atoms with Gasteiger partial charge in [0.25, 0.3) is 11.8 Å². The number of anilines is 1. The van der Waals surface area contributed by atoms with Crippen LogP contribution in [0.2, 0.25) is 16.6 Å². The van der Waals surface area contributed by atoms with Crippen LogP contribution in [0.5, 0.6) is 11.5 Å². The van der Waals surface area contributed by atoms with Gasteiger partial charge in [0.15, 0.2) is 0 Å². The first-order chi connectivity index (χ1) is 19.1. The molecular weight excluding hydrogens is 555 g/mol. The van der Waals surface area contributed by atoms with Gasteiger partial charge in [-0.2, -0.15) is 13.2 Å². The van der Waals surface area contributed by atoms with Crippen molar-refractivity contribution in [1.82, 2.24) is 9.88 Å². The summed E-state index contributed by atoms with van der Waals surface area (Å²) in [6.45, 7) is 11.5. The first-order valence-electron chi connectivity index (χ1n) is 13.6. The molecule has 12 heteroatoms. The number of aromatic nitrogens is 1. The van der Waals surface area contributed by atoms with Gasteiger partial charge in [-0.05, 0) is 29.0 Å². The summed E-state index contributed by atoms with van der Waals surface area (Å²) in [5, 5.41) is 0. The largest absolute Gasteiger partial charge is 0.497 e. The standard InChI is InChI=1S/C29H38F3N3O5Si/c1-18(2)41(19(3)4,20(5)6)12-10-26-33-16-25(40-26)28(37)35(21-13-22(38-7)15-23(14-21)39-8)24-9-11-34(27(24)36)17-29(30,31)32/h13-16,18-20,24H,9,11,17H2,1-8H3. The summed E-state index contributed by atoms with van der Waals surface area (Å²) in [5.74, 6) is 2.02. The molecule has 1 aromatic heterocycles. The minimum absolute atomic E-state index is 0.00767. The fraction of sp³-hybridized carbons (Fsp3) is 0.552. The predicted molar refractivity (Wildman–Crippen MR) is 152 cm³/mol. The number of methoxy groups -OCH3 is 2. The van der Waals surface area contributed by atoms with Gasteiger partial charge in [0.05, 0.1) is 26.1 Å². The molecule has 3 rings (SSSR count). The van der Waals surface area contributed by atoms with E-state index in [2.05, 4.69) is 58.0 Å². The van der Waals surface area contributed by atoms with Crippen LogP contribution >= 0.6 is 0 Å². The number of carbonyl (C=O) groups excluding carboxylic acids is 2. The van der Waals surface area contributed by atoms with Crippen LogP contribution in [0.1, 0.15) is 64.4 Å². The Labute approximate surface area is 240 Å². The highest BCUT2D eigenvalue weighted by molar-refractivity contribution is 6.90. The van der Waals surface area contributed by atoms with Crippen LogP contribution in [0.3, 0.4) is 0 Å². The second kappa shape index (κ2) is 12.6. The number of ether oxygens (including phenoxy) is 2. The van der Waals surface area contributed by atoms with Crippen LogP contribution in [0, 0.1) is 11.5 Å². The Balaban J connectivity index is 2.05. The molecule has 2 aromatic rings. The topological polar surface area (TPSA) is 85.1 Å². The van der Waals surface area contributed by atoms with E-state index in [-0.39, 0.29) is 30.3 Å². The van der Waals surface area contributed by atoms with E-state index < -0.39 is 38.7 Å². The molecule has 1 atom stereocenters. The molecule has 1 aliphatic rings. The zero-order valence-corrected chi connectivity index (χ0v) is 25.8. The van der Waals surface area contributed by atoms with Gasteiger partial charge in [-0.3, -0.25) is 14.5 Å². The summed E-state index contributed by atoms with van der Waals surface area (Å²) in [6.07, 6.45) is -3.35. The first kappa shape index (κ1) is 32.1. The average molecular weight is 594 g/mol. The zero-order chi connectivity index (χ0) is 30.7. The van der Waals surface area contributed by atoms with E-state index in [0.717, 1.165) is 4.90 Å². The summed E-state index contributed by atoms with van der Waals surface area (Å²) >= 11 is 0. The van der Waals surface area contributed by atoms with Crippen LogP contribution in [0.25, 0.3) is 0 Å². The Morgan fingerprint density at radius 1 is 1.10 bits per heavy atom. The van der Waals surface area contributed by atoms with Crippen molar-refractivity contribution in [2.24, 2.45) is 0 Å². The minimum atomic E-state index is -4.57. The molecule has 0 bridgehead atoms. The van der Waals surface area contributed by atoms with Crippen molar-refractivity contribution in [1.29, 1.82) is 0 Å². The maximum absolute atomic E-state index is 13.9. The number of oxazole rings is 1. The summed E-state index contributed by atoms with van der Waals surface area (Å²) in [6, 6.07) is 3.38. The van der Waals surface area contributed by atoms with Crippen LogP contribution in [0.4, 0.5) is 18.9 Å². The molecule has 1 saturated heterocycles. The lowest BCUT2D eigenvalue weighted by molar-refractivity contribution is -0.157. The number of alkyl halides is 3. The quantitative estimate of drug-likeness (QED) is 0.259. The average Bonchev–Trinajstić information content (AvgIpc) is 3.50. The van der Waals surface area contributed by atoms with E-state index in [4.69, 9.17) is 13.9 Å². The number of carbonyl (C=O) groups is 2. The van der Waals surface area contributed by atoms with E-state index >= 15 is 0 Å². The van der Waals surface area contributed by atoms with Crippen molar-refractivity contribution in [3.8, 4) is 23.0 Å². The molecule has 8 nitrogen and oxygen atoms in total. The van der Waals surface area contributed by atoms with E-state index in [1.807, 2.05) is 0 Å². The van der Waals surface area contributed by atoms with Gasteiger partial charge >= 0.3 is 6.18 Å². The Morgan fingerprint density at radius 3 is 2.15 bits per heavy atom. The van der Waals surface area contributed by atoms with Crippen molar-refractivity contribution in [2.75, 3.05) is 32.2 Å². The van der Waals surface area contributed by atoms with E-state index in [1.54, 1.807) is 6.07 Å². The van der Waals surface area contributed by atoms with Gasteiger partial charge in [0.2, 0.25) is 11.7 Å². The van der Waals surface area contributed by atoms with Crippen molar-refractivity contribution in [2.45, 2.75) is 76.8 Å². The number of amides is 2. The molecule has 0 spiro atoms. The predicted octanol–water partition coefficient (Wildman–Crippen LogP) is 6.07. The number of nitrogens with zero attached hydrogens (tertiary/aromatic N) is 3. The molecule has 0 N–H and O–H groups in total. The Bertz CT molecular complexity index is 1270. The van der Waals surface area contributed by atoms with Gasteiger partial charge in [-0.1, -0.05) is 41.5 Å². The number of hydrogen-bond donors (Lipinski definition) is 0. The molecule has 41 heavy (non-hydrogen) atoms. The normalized spacial score (nSPS) is 15.9. The molecule has 1 unspecified atom stereocenters. The Kier molecular flexibility index (Phi) is 9.84. The molecule has 1 fully saturated rings. The number of likely N-dealkylation sites (tertiary alicyclic amines) is 1. The number of benzene rings is 1. The van der Waals surface area contributed by atoms with Gasteiger partial charge in [0, 0.05) is 24.7 Å². The maximum Gasteiger partial charge on any atom is 0.406 e. The second-order valence-electron chi connectivity index (χ2n) is 11.1. The lowest BCUT2D eigenvalue weighted by Crippen LogP contribution is -2.47. The molecular formula is C29H38F3N3O5Si. The fourth-order valence-corrected chi connectivity index (χ4v) is 11.0. The molecule has 2 heterocycles. The lowest BCUT2D eigenvalue weighted by atomic mass is 10.1. The second-order valence-corrected chi connectivity index (χ2v) is 16.7. The highest BCUT2D eigenvalue weighted by Crippen LogP contribution is 2.41. The number of rotatable bonds is 9. The third kappa shape index (κ3) is 6.89. The van der Waals surface area contributed by atoms with Crippen LogP contribution < -0.4 is 14.4 Å². The highest BCUT2D eigenvalue weighted by Gasteiger charge is 2.45. The van der Waals surface area contributed by atoms with Gasteiger partial charge in [-0.25, -0.2) is 4.98 Å². The van der Waals surface area contributed by atoms with Gasteiger partial charge in [0.1, 0.15) is 32.2 Å². The third-order valence-corrected chi connectivity index (χ3v) is 14.0. The van der Waals surface area contributed by atoms with E-state index in [1.165, 1.54) is 32.5 Å². The summed E-state index contributed by atoms with van der Waals surface area (Å²) < 4.78 is 55.8. The highest BCUT2D eigenvalue weighted by atomic mass is 28.3. The molecule has 2 amide bonds. The monoisotopic (exact) mass is 593 g/mol. The van der Waals surface area contributed by atoms with Gasteiger partial charge < -0.3 is 18.8 Å². The third-order valence-electron chi connectivity index (χ3n) is 7.75. The molecule has 1 aromatic carbocycles. The summed E-state index contributed by atoms with van der Waals surface area (Å²) in [5.41, 5.74) is 4.81. The first-order valence-corrected chi connectivity index (χ1v) is 15.8. The SMILES string of the molecule is COc1cc(OC)cc(N(C(=O)c2cnc(C#C[Si](C(C)C)(C(C)C)C(C)C)o2)C2CCN(CC(F)(F)F)C2=O)c1. The van der Waals surface area contributed by atoms with Crippen LogP contribution in [-0.4, -0.2) is 69.3 Å². The number of halogens is 3. The Morgan fingerprint density at radius 2 is 1.66 bits per heavy atom. The molecule has 1 aliphatic heterocycles. The molecule has 0 saturated carbocycles. The summed E-state index contributed by atoms with van der Waals surface area (Å²) in [7, 11) is 0.739. The molecule has 224 valence electrons.